The van der Waals surface area contributed by atoms with Gasteiger partial charge in [0.25, 0.3) is 5.89 Å². The normalized spacial score (nSPS) is 10.7. The van der Waals surface area contributed by atoms with E-state index >= 15 is 0 Å². The molecule has 0 saturated carbocycles. The highest BCUT2D eigenvalue weighted by Crippen LogP contribution is 2.17. The first-order valence-electron chi connectivity index (χ1n) is 8.90. The quantitative estimate of drug-likeness (QED) is 0.460. The largest absolute Gasteiger partial charge is 0.456 e. The van der Waals surface area contributed by atoms with Crippen molar-refractivity contribution in [3.63, 3.8) is 0 Å². The maximum absolute atomic E-state index is 12.0. The van der Waals surface area contributed by atoms with E-state index in [1.807, 2.05) is 66.9 Å². The van der Waals surface area contributed by atoms with Crippen LogP contribution in [-0.2, 0) is 22.6 Å². The van der Waals surface area contributed by atoms with Crippen LogP contribution in [0, 0.1) is 0 Å². The molecule has 0 unspecified atom stereocenters. The number of rotatable bonds is 7. The molecule has 2 aromatic heterocycles. The predicted octanol–water partition coefficient (Wildman–Crippen LogP) is 3.60. The van der Waals surface area contributed by atoms with Crippen LogP contribution in [0.1, 0.15) is 17.9 Å². The van der Waals surface area contributed by atoms with Crippen molar-refractivity contribution in [2.45, 2.75) is 19.4 Å². The molecule has 0 fully saturated rings. The molecule has 7 nitrogen and oxygen atoms in total. The number of esters is 1. The lowest BCUT2D eigenvalue weighted by molar-refractivity contribution is -0.145. The first-order valence-corrected chi connectivity index (χ1v) is 8.90. The summed E-state index contributed by atoms with van der Waals surface area (Å²) in [7, 11) is 0. The zero-order chi connectivity index (χ0) is 19.2. The van der Waals surface area contributed by atoms with Crippen LogP contribution >= 0.6 is 0 Å². The van der Waals surface area contributed by atoms with Crippen LogP contribution in [0.3, 0.4) is 0 Å². The Morgan fingerprint density at radius 2 is 1.75 bits per heavy atom. The van der Waals surface area contributed by atoms with Crippen molar-refractivity contribution in [2.24, 2.45) is 0 Å². The van der Waals surface area contributed by atoms with Gasteiger partial charge in [0.1, 0.15) is 0 Å². The van der Waals surface area contributed by atoms with Gasteiger partial charge in [-0.3, -0.25) is 4.79 Å². The van der Waals surface area contributed by atoms with Gasteiger partial charge < -0.3 is 9.15 Å². The van der Waals surface area contributed by atoms with Gasteiger partial charge in [-0.1, -0.05) is 36.4 Å². The summed E-state index contributed by atoms with van der Waals surface area (Å²) in [5.41, 5.74) is 2.76. The minimum absolute atomic E-state index is 0.0397. The number of benzene rings is 2. The Hall–Kier alpha value is -3.74. The highest BCUT2D eigenvalue weighted by molar-refractivity contribution is 5.69. The van der Waals surface area contributed by atoms with Gasteiger partial charge in [0, 0.05) is 18.2 Å². The minimum atomic E-state index is -0.327. The Balaban J connectivity index is 1.26. The third kappa shape index (κ3) is 4.32. The molecule has 4 aromatic rings. The topological polar surface area (TPSA) is 83.0 Å². The minimum Gasteiger partial charge on any atom is -0.456 e. The van der Waals surface area contributed by atoms with E-state index in [4.69, 9.17) is 9.15 Å². The van der Waals surface area contributed by atoms with Crippen LogP contribution in [0.5, 0.6) is 0 Å². The number of carbonyl (C=O) groups excluding carboxylic acids is 1. The number of hydrogen-bond donors (Lipinski definition) is 0. The summed E-state index contributed by atoms with van der Waals surface area (Å²) in [4.78, 5) is 12.0. The molecular formula is C21H18N4O3. The number of ether oxygens (including phenoxy) is 1. The highest BCUT2D eigenvalue weighted by Gasteiger charge is 2.11. The summed E-state index contributed by atoms with van der Waals surface area (Å²) in [5.74, 6) is 0.344. The second-order valence-corrected chi connectivity index (χ2v) is 6.16. The first kappa shape index (κ1) is 17.7. The molecule has 28 heavy (non-hydrogen) atoms. The third-order valence-corrected chi connectivity index (χ3v) is 4.12. The third-order valence-electron chi connectivity index (χ3n) is 4.12. The van der Waals surface area contributed by atoms with Crippen molar-refractivity contribution in [3.8, 4) is 17.1 Å². The number of aryl methyl sites for hydroxylation is 1. The summed E-state index contributed by atoms with van der Waals surface area (Å²) in [6, 6.07) is 19.2. The fourth-order valence-corrected chi connectivity index (χ4v) is 2.68. The van der Waals surface area contributed by atoms with Crippen molar-refractivity contribution in [2.75, 3.05) is 0 Å². The van der Waals surface area contributed by atoms with Gasteiger partial charge in [-0.15, -0.1) is 10.2 Å². The van der Waals surface area contributed by atoms with Crippen LogP contribution in [0.4, 0.5) is 0 Å². The van der Waals surface area contributed by atoms with Crippen LogP contribution in [0.25, 0.3) is 17.1 Å². The second-order valence-electron chi connectivity index (χ2n) is 6.16. The van der Waals surface area contributed by atoms with Crippen molar-refractivity contribution in [1.29, 1.82) is 0 Å². The summed E-state index contributed by atoms with van der Waals surface area (Å²) < 4.78 is 12.5. The van der Waals surface area contributed by atoms with E-state index in [9.17, 15) is 4.79 Å². The van der Waals surface area contributed by atoms with Gasteiger partial charge in [0.05, 0.1) is 11.9 Å². The van der Waals surface area contributed by atoms with Crippen molar-refractivity contribution < 1.29 is 13.9 Å². The summed E-state index contributed by atoms with van der Waals surface area (Å²) in [6.07, 6.45) is 4.46. The fraction of sp³-hybridized carbons (Fsp3) is 0.143. The number of carbonyl (C=O) groups is 1. The van der Waals surface area contributed by atoms with Gasteiger partial charge >= 0.3 is 5.97 Å². The Kier molecular flexibility index (Phi) is 5.24. The molecule has 0 saturated heterocycles. The van der Waals surface area contributed by atoms with E-state index < -0.39 is 0 Å². The molecule has 7 heteroatoms. The molecule has 0 amide bonds. The Bertz CT molecular complexity index is 958. The molecule has 0 bridgehead atoms. The van der Waals surface area contributed by atoms with E-state index in [0.29, 0.717) is 12.3 Å². The zero-order valence-corrected chi connectivity index (χ0v) is 15.1. The number of aromatic nitrogens is 4. The molecular weight excluding hydrogens is 356 g/mol. The Morgan fingerprint density at radius 3 is 2.54 bits per heavy atom. The molecule has 0 N–H and O–H groups in total. The van der Waals surface area contributed by atoms with E-state index in [1.54, 1.807) is 10.9 Å². The maximum Gasteiger partial charge on any atom is 0.306 e. The molecule has 4 rings (SSSR count). The Labute approximate surface area is 161 Å². The average molecular weight is 374 g/mol. The standard InChI is InChI=1S/C21H18N4O3/c26-20(12-11-16-13-22-25(14-16)18-9-5-2-6-10-18)27-15-19-23-24-21(28-19)17-7-3-1-4-8-17/h1-10,13-14H,11-12,15H2. The number of hydrogen-bond acceptors (Lipinski definition) is 6. The van der Waals surface area contributed by atoms with E-state index in [1.165, 1.54) is 0 Å². The van der Waals surface area contributed by atoms with Crippen LogP contribution in [0.15, 0.2) is 77.5 Å². The predicted molar refractivity (Wildman–Crippen MR) is 101 cm³/mol. The average Bonchev–Trinajstić information content (AvgIpc) is 3.42. The molecule has 0 aliphatic carbocycles. The lowest BCUT2D eigenvalue weighted by atomic mass is 10.2. The maximum atomic E-state index is 12.0. The van der Waals surface area contributed by atoms with Crippen molar-refractivity contribution in [3.05, 3.63) is 84.5 Å². The van der Waals surface area contributed by atoms with E-state index in [0.717, 1.165) is 16.8 Å². The van der Waals surface area contributed by atoms with Gasteiger partial charge in [-0.25, -0.2) is 4.68 Å². The molecule has 2 aromatic carbocycles. The van der Waals surface area contributed by atoms with Gasteiger partial charge in [-0.2, -0.15) is 5.10 Å². The summed E-state index contributed by atoms with van der Waals surface area (Å²) in [6.45, 7) is -0.0397. The van der Waals surface area contributed by atoms with Crippen molar-refractivity contribution in [1.82, 2.24) is 20.0 Å². The molecule has 140 valence electrons. The smallest absolute Gasteiger partial charge is 0.306 e. The molecule has 0 radical (unpaired) electrons. The molecule has 2 heterocycles. The molecule has 0 aliphatic heterocycles. The fourth-order valence-electron chi connectivity index (χ4n) is 2.68. The van der Waals surface area contributed by atoms with E-state index in [-0.39, 0.29) is 24.9 Å². The van der Waals surface area contributed by atoms with Gasteiger partial charge in [0.2, 0.25) is 5.89 Å². The lowest BCUT2D eigenvalue weighted by Gasteiger charge is -2.01. The molecule has 0 spiro atoms. The van der Waals surface area contributed by atoms with Crippen LogP contribution in [0.2, 0.25) is 0 Å². The van der Waals surface area contributed by atoms with Crippen molar-refractivity contribution >= 4 is 5.97 Å². The Morgan fingerprint density at radius 1 is 1.00 bits per heavy atom. The lowest BCUT2D eigenvalue weighted by Crippen LogP contribution is -2.06. The highest BCUT2D eigenvalue weighted by atomic mass is 16.5. The second kappa shape index (κ2) is 8.30. The molecule has 0 atom stereocenters. The summed E-state index contributed by atoms with van der Waals surface area (Å²) >= 11 is 0. The first-order chi connectivity index (χ1) is 13.8. The summed E-state index contributed by atoms with van der Waals surface area (Å²) in [5, 5.41) is 12.2. The number of nitrogens with zero attached hydrogens (tertiary/aromatic N) is 4. The van der Waals surface area contributed by atoms with E-state index in [2.05, 4.69) is 15.3 Å². The number of para-hydroxylation sites is 1. The molecule has 0 aliphatic rings. The van der Waals surface area contributed by atoms with Crippen LogP contribution < -0.4 is 0 Å². The van der Waals surface area contributed by atoms with Crippen LogP contribution in [-0.4, -0.2) is 25.9 Å². The monoisotopic (exact) mass is 374 g/mol. The SMILES string of the molecule is O=C(CCc1cnn(-c2ccccc2)c1)OCc1nnc(-c2ccccc2)o1. The van der Waals surface area contributed by atoms with Gasteiger partial charge in [-0.05, 0) is 36.2 Å². The van der Waals surface area contributed by atoms with Gasteiger partial charge in [0.15, 0.2) is 6.61 Å². The zero-order valence-electron chi connectivity index (χ0n) is 15.1.